The van der Waals surface area contributed by atoms with Gasteiger partial charge in [0.15, 0.2) is 0 Å². The van der Waals surface area contributed by atoms with Gasteiger partial charge in [0.1, 0.15) is 0 Å². The van der Waals surface area contributed by atoms with Gasteiger partial charge in [-0.2, -0.15) is 0 Å². The summed E-state index contributed by atoms with van der Waals surface area (Å²) in [7, 11) is 0. The summed E-state index contributed by atoms with van der Waals surface area (Å²) in [5.41, 5.74) is 6.84. The van der Waals surface area contributed by atoms with Crippen LogP contribution in [0.3, 0.4) is 0 Å². The number of nitrogens with two attached hydrogens (primary N) is 1. The van der Waals surface area contributed by atoms with Crippen LogP contribution >= 0.6 is 0 Å². The third-order valence-electron chi connectivity index (χ3n) is 1.27. The van der Waals surface area contributed by atoms with E-state index in [0.29, 0.717) is 0 Å². The summed E-state index contributed by atoms with van der Waals surface area (Å²) in [5, 5.41) is 0. The van der Waals surface area contributed by atoms with E-state index >= 15 is 0 Å². The molecule has 1 rings (SSSR count). The molecule has 1 nitrogen and oxygen atoms in total. The molecule has 0 fully saturated rings. The van der Waals surface area contributed by atoms with E-state index in [1.165, 1.54) is 5.57 Å². The zero-order valence-corrected chi connectivity index (χ0v) is 5.54. The van der Waals surface area contributed by atoms with Crippen LogP contribution in [0.2, 0.25) is 0 Å². The summed E-state index contributed by atoms with van der Waals surface area (Å²) in [6.45, 7) is 2.05. The van der Waals surface area contributed by atoms with Crippen LogP contribution in [0.25, 0.3) is 0 Å². The van der Waals surface area contributed by atoms with Crippen molar-refractivity contribution >= 4 is 0 Å². The molecule has 0 aliphatic heterocycles. The number of hydrogen-bond acceptors (Lipinski definition) is 1. The van der Waals surface area contributed by atoms with Crippen molar-refractivity contribution in [1.29, 1.82) is 0 Å². The lowest BCUT2D eigenvalue weighted by Gasteiger charge is -1.92. The van der Waals surface area contributed by atoms with Crippen molar-refractivity contribution in [3.05, 3.63) is 36.0 Å². The van der Waals surface area contributed by atoms with Gasteiger partial charge in [-0.1, -0.05) is 36.0 Å². The lowest BCUT2D eigenvalue weighted by atomic mass is 10.2. The van der Waals surface area contributed by atoms with Gasteiger partial charge in [0.2, 0.25) is 0 Å². The minimum absolute atomic E-state index is 0.0960. The summed E-state index contributed by atoms with van der Waals surface area (Å²) in [4.78, 5) is 0. The van der Waals surface area contributed by atoms with Gasteiger partial charge in [-0.05, 0) is 6.92 Å². The van der Waals surface area contributed by atoms with Crippen molar-refractivity contribution in [2.24, 2.45) is 5.73 Å². The van der Waals surface area contributed by atoms with Crippen molar-refractivity contribution in [2.45, 2.75) is 13.0 Å². The fraction of sp³-hybridized carbons (Fsp3) is 0.250. The summed E-state index contributed by atoms with van der Waals surface area (Å²) in [6, 6.07) is 0.0960. The van der Waals surface area contributed by atoms with E-state index in [-0.39, 0.29) is 6.04 Å². The van der Waals surface area contributed by atoms with Crippen molar-refractivity contribution < 1.29 is 0 Å². The Labute approximate surface area is 55.6 Å². The Morgan fingerprint density at radius 1 is 1.44 bits per heavy atom. The second-order valence-electron chi connectivity index (χ2n) is 2.23. The second kappa shape index (κ2) is 2.65. The smallest absolute Gasteiger partial charge is 0.0416 e. The summed E-state index contributed by atoms with van der Waals surface area (Å²) >= 11 is 0. The van der Waals surface area contributed by atoms with Crippen LogP contribution in [-0.4, -0.2) is 6.04 Å². The molecule has 0 saturated heterocycles. The molecule has 1 aliphatic rings. The van der Waals surface area contributed by atoms with Crippen LogP contribution < -0.4 is 5.73 Å². The van der Waals surface area contributed by atoms with Crippen LogP contribution in [0.1, 0.15) is 6.92 Å². The van der Waals surface area contributed by atoms with E-state index in [4.69, 9.17) is 5.73 Å². The van der Waals surface area contributed by atoms with Crippen molar-refractivity contribution in [1.82, 2.24) is 0 Å². The molecule has 1 heteroatoms. The molecule has 1 atom stereocenters. The Balaban J connectivity index is 2.75. The lowest BCUT2D eigenvalue weighted by Crippen LogP contribution is -2.11. The quantitative estimate of drug-likeness (QED) is 0.515. The van der Waals surface area contributed by atoms with Gasteiger partial charge < -0.3 is 5.73 Å². The van der Waals surface area contributed by atoms with Crippen molar-refractivity contribution in [2.75, 3.05) is 0 Å². The molecule has 1 unspecified atom stereocenters. The molecular weight excluding hydrogens is 110 g/mol. The van der Waals surface area contributed by atoms with Gasteiger partial charge in [-0.25, -0.2) is 0 Å². The third kappa shape index (κ3) is 1.86. The van der Waals surface area contributed by atoms with Gasteiger partial charge in [-0.15, -0.1) is 0 Å². The number of hydrogen-bond donors (Lipinski definition) is 1. The molecule has 0 heterocycles. The number of rotatable bonds is 0. The standard InChI is InChI=1S/C8H11N/c1-7-3-2-4-8(9)6-5-7/h2-6,8H,9H2,1H3. The van der Waals surface area contributed by atoms with Crippen molar-refractivity contribution in [3.8, 4) is 0 Å². The average molecular weight is 121 g/mol. The monoisotopic (exact) mass is 121 g/mol. The van der Waals surface area contributed by atoms with Crippen LogP contribution in [0.5, 0.6) is 0 Å². The lowest BCUT2D eigenvalue weighted by molar-refractivity contribution is 1.03. The van der Waals surface area contributed by atoms with E-state index < -0.39 is 0 Å². The predicted octanol–water partition coefficient (Wildman–Crippen LogP) is 1.39. The first-order valence-electron chi connectivity index (χ1n) is 3.08. The first kappa shape index (κ1) is 6.30. The van der Waals surface area contributed by atoms with Gasteiger partial charge in [0.25, 0.3) is 0 Å². The molecule has 0 bridgehead atoms. The maximum atomic E-state index is 5.59. The Morgan fingerprint density at radius 2 is 2.22 bits per heavy atom. The number of allylic oxidation sites excluding steroid dienone is 4. The van der Waals surface area contributed by atoms with Crippen LogP contribution in [0.4, 0.5) is 0 Å². The van der Waals surface area contributed by atoms with E-state index in [9.17, 15) is 0 Å². The molecule has 0 radical (unpaired) electrons. The molecule has 0 aromatic carbocycles. The maximum Gasteiger partial charge on any atom is 0.0416 e. The largest absolute Gasteiger partial charge is 0.321 e. The molecule has 9 heavy (non-hydrogen) atoms. The minimum atomic E-state index is 0.0960. The molecule has 0 spiro atoms. The maximum absolute atomic E-state index is 5.59. The molecule has 0 saturated carbocycles. The normalized spacial score (nSPS) is 25.6. The van der Waals surface area contributed by atoms with E-state index in [0.717, 1.165) is 0 Å². The highest BCUT2D eigenvalue weighted by Crippen LogP contribution is 2.01. The average Bonchev–Trinajstić information content (AvgIpc) is 1.97. The summed E-state index contributed by atoms with van der Waals surface area (Å²) in [5.74, 6) is 0. The molecular formula is C8H11N. The van der Waals surface area contributed by atoms with E-state index in [1.807, 2.05) is 30.4 Å². The molecule has 2 N–H and O–H groups in total. The van der Waals surface area contributed by atoms with E-state index in [1.54, 1.807) is 0 Å². The molecule has 1 aliphatic carbocycles. The van der Waals surface area contributed by atoms with Crippen LogP contribution in [0, 0.1) is 0 Å². The van der Waals surface area contributed by atoms with Gasteiger partial charge in [0, 0.05) is 6.04 Å². The zero-order valence-electron chi connectivity index (χ0n) is 5.54. The highest BCUT2D eigenvalue weighted by atomic mass is 14.6. The first-order valence-corrected chi connectivity index (χ1v) is 3.08. The van der Waals surface area contributed by atoms with Gasteiger partial charge in [-0.3, -0.25) is 0 Å². The molecule has 0 aromatic heterocycles. The summed E-state index contributed by atoms with van der Waals surface area (Å²) in [6.07, 6.45) is 10.0. The van der Waals surface area contributed by atoms with Crippen LogP contribution in [-0.2, 0) is 0 Å². The molecule has 48 valence electrons. The Kier molecular flexibility index (Phi) is 1.85. The second-order valence-corrected chi connectivity index (χ2v) is 2.23. The van der Waals surface area contributed by atoms with Crippen molar-refractivity contribution in [3.63, 3.8) is 0 Å². The topological polar surface area (TPSA) is 26.0 Å². The van der Waals surface area contributed by atoms with E-state index in [2.05, 4.69) is 6.92 Å². The van der Waals surface area contributed by atoms with Gasteiger partial charge >= 0.3 is 0 Å². The summed E-state index contributed by atoms with van der Waals surface area (Å²) < 4.78 is 0. The van der Waals surface area contributed by atoms with Crippen LogP contribution in [0.15, 0.2) is 36.0 Å². The molecule has 0 amide bonds. The SMILES string of the molecule is CC1=CC=CC(N)C=C1. The Morgan fingerprint density at radius 3 is 3.00 bits per heavy atom. The highest BCUT2D eigenvalue weighted by molar-refractivity contribution is 5.28. The first-order chi connectivity index (χ1) is 4.29. The Hall–Kier alpha value is -0.820. The molecule has 0 aromatic rings. The predicted molar refractivity (Wildman–Crippen MR) is 40.0 cm³/mol. The fourth-order valence-corrected chi connectivity index (χ4v) is 0.718. The highest BCUT2D eigenvalue weighted by Gasteiger charge is 1.91. The Bertz CT molecular complexity index is 175. The zero-order chi connectivity index (χ0) is 6.69. The fourth-order valence-electron chi connectivity index (χ4n) is 0.718. The minimum Gasteiger partial charge on any atom is -0.321 e. The third-order valence-corrected chi connectivity index (χ3v) is 1.27. The van der Waals surface area contributed by atoms with Gasteiger partial charge in [0.05, 0.1) is 0 Å².